The molecular weight excluding hydrogens is 420 g/mol. The molecule has 4 atom stereocenters. The van der Waals surface area contributed by atoms with Gasteiger partial charge >= 0.3 is 0 Å². The Morgan fingerprint density at radius 1 is 1.12 bits per heavy atom. The van der Waals surface area contributed by atoms with Crippen molar-refractivity contribution < 1.29 is 28.2 Å². The number of likely N-dealkylation sites (tertiary alicyclic amines) is 1. The van der Waals surface area contributed by atoms with Crippen molar-refractivity contribution in [1.29, 1.82) is 0 Å². The molecule has 7 nitrogen and oxygen atoms in total. The van der Waals surface area contributed by atoms with E-state index >= 15 is 0 Å². The highest BCUT2D eigenvalue weighted by atomic mass is 19.3. The Morgan fingerprint density at radius 2 is 1.91 bits per heavy atom. The highest BCUT2D eigenvalue weighted by Crippen LogP contribution is 2.38. The van der Waals surface area contributed by atoms with Crippen LogP contribution in [0.1, 0.15) is 62.3 Å². The molecule has 5 rings (SSSR count). The number of imide groups is 1. The number of fused-ring (bicyclic) bond motifs is 1. The van der Waals surface area contributed by atoms with E-state index in [0.717, 1.165) is 30.4 Å². The molecule has 0 bridgehead atoms. The van der Waals surface area contributed by atoms with Crippen molar-refractivity contribution in [2.45, 2.75) is 81.8 Å². The lowest BCUT2D eigenvalue weighted by Gasteiger charge is -2.38. The van der Waals surface area contributed by atoms with Crippen molar-refractivity contribution >= 4 is 11.8 Å². The zero-order valence-corrected chi connectivity index (χ0v) is 17.9. The van der Waals surface area contributed by atoms with E-state index in [0.29, 0.717) is 31.8 Å². The largest absolute Gasteiger partial charge is 0.489 e. The molecular formula is C23H29F2N3O4. The van der Waals surface area contributed by atoms with E-state index in [4.69, 9.17) is 4.74 Å². The van der Waals surface area contributed by atoms with E-state index < -0.39 is 18.2 Å². The molecule has 0 spiro atoms. The molecule has 9 heteroatoms. The smallest absolute Gasteiger partial charge is 0.250 e. The lowest BCUT2D eigenvalue weighted by Crippen LogP contribution is -2.51. The second-order valence-electron chi connectivity index (χ2n) is 9.42. The maximum absolute atomic E-state index is 13.6. The zero-order valence-electron chi connectivity index (χ0n) is 17.9. The topological polar surface area (TPSA) is 82.1 Å². The minimum atomic E-state index is -2.55. The van der Waals surface area contributed by atoms with Gasteiger partial charge in [0.1, 0.15) is 18.1 Å². The first kappa shape index (κ1) is 21.7. The Balaban J connectivity index is 1.26. The summed E-state index contributed by atoms with van der Waals surface area (Å²) in [6.45, 7) is 1.19. The number of hydrogen-bond donors (Lipinski definition) is 2. The molecule has 2 unspecified atom stereocenters. The van der Waals surface area contributed by atoms with Crippen LogP contribution in [0.2, 0.25) is 0 Å². The van der Waals surface area contributed by atoms with Crippen molar-refractivity contribution in [3.8, 4) is 5.75 Å². The molecule has 3 heterocycles. The van der Waals surface area contributed by atoms with E-state index in [1.54, 1.807) is 4.90 Å². The Labute approximate surface area is 185 Å². The number of nitrogens with one attached hydrogen (secondary N) is 1. The number of alkyl halides is 2. The second kappa shape index (κ2) is 8.35. The van der Waals surface area contributed by atoms with E-state index in [-0.39, 0.29) is 43.2 Å². The SMILES string of the molecule is O=C1CCC(N2Cc3cc(O[C@H]4CCC[C@@H]4N4CCC(F)(F)CC4)ccc3C2O)C(=O)N1. The van der Waals surface area contributed by atoms with Gasteiger partial charge in [0.25, 0.3) is 5.92 Å². The number of carbonyl (C=O) groups excluding carboxylic acids is 2. The van der Waals surface area contributed by atoms with Crippen molar-refractivity contribution in [3.05, 3.63) is 29.3 Å². The molecule has 0 radical (unpaired) electrons. The average Bonchev–Trinajstić information content (AvgIpc) is 3.33. The number of amides is 2. The molecule has 3 aliphatic heterocycles. The molecule has 1 aromatic carbocycles. The first-order valence-corrected chi connectivity index (χ1v) is 11.5. The highest BCUT2D eigenvalue weighted by molar-refractivity contribution is 6.00. The van der Waals surface area contributed by atoms with Crippen molar-refractivity contribution in [3.63, 3.8) is 0 Å². The number of benzene rings is 1. The maximum Gasteiger partial charge on any atom is 0.250 e. The van der Waals surface area contributed by atoms with Gasteiger partial charge in [-0.25, -0.2) is 8.78 Å². The first-order chi connectivity index (χ1) is 15.3. The monoisotopic (exact) mass is 449 g/mol. The van der Waals surface area contributed by atoms with Gasteiger partial charge in [0.2, 0.25) is 11.8 Å². The fourth-order valence-corrected chi connectivity index (χ4v) is 5.60. The summed E-state index contributed by atoms with van der Waals surface area (Å²) in [4.78, 5) is 27.6. The summed E-state index contributed by atoms with van der Waals surface area (Å²) in [7, 11) is 0. The molecule has 2 N–H and O–H groups in total. The number of rotatable bonds is 4. The summed E-state index contributed by atoms with van der Waals surface area (Å²) in [5, 5.41) is 13.1. The van der Waals surface area contributed by atoms with Gasteiger partial charge in [-0.2, -0.15) is 0 Å². The Kier molecular flexibility index (Phi) is 5.67. The van der Waals surface area contributed by atoms with Gasteiger partial charge in [-0.15, -0.1) is 0 Å². The van der Waals surface area contributed by atoms with E-state index in [1.807, 2.05) is 18.2 Å². The Morgan fingerprint density at radius 3 is 2.66 bits per heavy atom. The van der Waals surface area contributed by atoms with Crippen LogP contribution in [-0.2, 0) is 16.1 Å². The standard InChI is InChI=1S/C23H29F2N3O4/c24-23(25)8-10-27(11-9-23)17-2-1-3-19(17)32-15-4-5-16-14(12-15)13-28(22(16)31)18-6-7-20(29)26-21(18)30/h4-5,12,17-19,22,31H,1-3,6-11,13H2,(H,26,29,30)/t17-,18?,19-,22?/m0/s1. The van der Waals surface area contributed by atoms with Crippen molar-refractivity contribution in [2.75, 3.05) is 13.1 Å². The third-order valence-electron chi connectivity index (χ3n) is 7.37. The average molecular weight is 449 g/mol. The van der Waals surface area contributed by atoms with Crippen LogP contribution in [0.3, 0.4) is 0 Å². The molecule has 2 saturated heterocycles. The maximum atomic E-state index is 13.6. The number of carbonyl (C=O) groups is 2. The molecule has 32 heavy (non-hydrogen) atoms. The van der Waals surface area contributed by atoms with Gasteiger partial charge < -0.3 is 9.84 Å². The third kappa shape index (κ3) is 4.13. The summed E-state index contributed by atoms with van der Waals surface area (Å²) in [6.07, 6.45) is 2.35. The van der Waals surface area contributed by atoms with Crippen LogP contribution in [0.15, 0.2) is 18.2 Å². The number of aliphatic hydroxyl groups excluding tert-OH is 1. The fourth-order valence-electron chi connectivity index (χ4n) is 5.60. The minimum Gasteiger partial charge on any atom is -0.489 e. The van der Waals surface area contributed by atoms with Crippen LogP contribution in [0.5, 0.6) is 5.75 Å². The molecule has 3 fully saturated rings. The van der Waals surface area contributed by atoms with Crippen LogP contribution < -0.4 is 10.1 Å². The number of ether oxygens (including phenoxy) is 1. The third-order valence-corrected chi connectivity index (χ3v) is 7.37. The zero-order chi connectivity index (χ0) is 22.5. The van der Waals surface area contributed by atoms with Crippen LogP contribution in [0.4, 0.5) is 8.78 Å². The van der Waals surface area contributed by atoms with E-state index in [1.165, 1.54) is 0 Å². The predicted molar refractivity (Wildman–Crippen MR) is 111 cm³/mol. The second-order valence-corrected chi connectivity index (χ2v) is 9.42. The van der Waals surface area contributed by atoms with Gasteiger partial charge in [-0.05, 0) is 43.4 Å². The Hall–Kier alpha value is -2.10. The summed E-state index contributed by atoms with van der Waals surface area (Å²) in [5.74, 6) is -2.51. The van der Waals surface area contributed by atoms with Crippen LogP contribution in [0.25, 0.3) is 0 Å². The predicted octanol–water partition coefficient (Wildman–Crippen LogP) is 2.33. The van der Waals surface area contributed by atoms with Gasteiger partial charge in [-0.1, -0.05) is 6.07 Å². The molecule has 4 aliphatic rings. The van der Waals surface area contributed by atoms with Gasteiger partial charge in [0.15, 0.2) is 0 Å². The summed E-state index contributed by atoms with van der Waals surface area (Å²) >= 11 is 0. The van der Waals surface area contributed by atoms with Crippen LogP contribution in [-0.4, -0.2) is 63.9 Å². The van der Waals surface area contributed by atoms with Crippen LogP contribution >= 0.6 is 0 Å². The molecule has 0 aromatic heterocycles. The minimum absolute atomic E-state index is 0.0441. The molecule has 1 aliphatic carbocycles. The number of hydrogen-bond acceptors (Lipinski definition) is 6. The quantitative estimate of drug-likeness (QED) is 0.687. The summed E-state index contributed by atoms with van der Waals surface area (Å²) < 4.78 is 33.4. The number of nitrogens with zero attached hydrogens (tertiary/aromatic N) is 2. The normalized spacial score (nSPS) is 33.2. The van der Waals surface area contributed by atoms with Gasteiger partial charge in [0.05, 0.1) is 6.04 Å². The van der Waals surface area contributed by atoms with Gasteiger partial charge in [0, 0.05) is 50.5 Å². The summed E-state index contributed by atoms with van der Waals surface area (Å²) in [6, 6.07) is 5.16. The summed E-state index contributed by atoms with van der Waals surface area (Å²) in [5.41, 5.74) is 1.63. The van der Waals surface area contributed by atoms with E-state index in [9.17, 15) is 23.5 Å². The lowest BCUT2D eigenvalue weighted by atomic mass is 10.0. The number of halogens is 2. The number of piperidine rings is 2. The fraction of sp³-hybridized carbons (Fsp3) is 0.652. The molecule has 1 saturated carbocycles. The van der Waals surface area contributed by atoms with Crippen molar-refractivity contribution in [1.82, 2.24) is 15.1 Å². The highest BCUT2D eigenvalue weighted by Gasteiger charge is 2.42. The molecule has 2 amide bonds. The number of aliphatic hydroxyl groups is 1. The van der Waals surface area contributed by atoms with Gasteiger partial charge in [-0.3, -0.25) is 24.7 Å². The lowest BCUT2D eigenvalue weighted by molar-refractivity contribution is -0.141. The van der Waals surface area contributed by atoms with Crippen molar-refractivity contribution in [2.24, 2.45) is 0 Å². The van der Waals surface area contributed by atoms with Crippen LogP contribution in [0, 0.1) is 0 Å². The first-order valence-electron chi connectivity index (χ1n) is 11.5. The molecule has 174 valence electrons. The van der Waals surface area contributed by atoms with E-state index in [2.05, 4.69) is 10.2 Å². The molecule has 1 aromatic rings. The Bertz CT molecular complexity index is 901.